The molecular weight excluding hydrogens is 565 g/mol. The number of rotatable bonds is 8. The summed E-state index contributed by atoms with van der Waals surface area (Å²) >= 11 is 0. The number of hydrogen-bond acceptors (Lipinski definition) is 7. The van der Waals surface area contributed by atoms with Crippen LogP contribution in [0.3, 0.4) is 0 Å². The molecule has 2 N–H and O–H groups in total. The molecule has 0 spiro atoms. The van der Waals surface area contributed by atoms with Crippen LogP contribution in [0.5, 0.6) is 0 Å². The number of likely N-dealkylation sites (tertiary alicyclic amines) is 1. The highest BCUT2D eigenvalue weighted by molar-refractivity contribution is 7.90. The third-order valence-corrected chi connectivity index (χ3v) is 8.93. The van der Waals surface area contributed by atoms with Crippen LogP contribution in [0.15, 0.2) is 67.4 Å². The summed E-state index contributed by atoms with van der Waals surface area (Å²) in [5.74, 6) is -0.472. The molecule has 0 aliphatic carbocycles. The molecule has 0 atom stereocenters. The van der Waals surface area contributed by atoms with E-state index in [1.165, 1.54) is 36.8 Å². The Hall–Kier alpha value is -4.48. The van der Waals surface area contributed by atoms with Gasteiger partial charge in [0.05, 0.1) is 28.9 Å². The number of H-pyrrole nitrogens is 2. The van der Waals surface area contributed by atoms with Gasteiger partial charge in [-0.3, -0.25) is 20.0 Å². The lowest BCUT2D eigenvalue weighted by molar-refractivity contribution is 0.331. The highest BCUT2D eigenvalue weighted by atomic mass is 32.2. The van der Waals surface area contributed by atoms with Gasteiger partial charge < -0.3 is 4.98 Å². The maximum absolute atomic E-state index is 14.6. The van der Waals surface area contributed by atoms with Crippen molar-refractivity contribution in [1.82, 2.24) is 35.0 Å². The molecule has 1 aliphatic heterocycles. The Morgan fingerprint density at radius 2 is 1.65 bits per heavy atom. The van der Waals surface area contributed by atoms with Crippen LogP contribution in [0, 0.1) is 5.82 Å². The van der Waals surface area contributed by atoms with Crippen LogP contribution in [0.2, 0.25) is 0 Å². The van der Waals surface area contributed by atoms with Crippen molar-refractivity contribution in [2.45, 2.75) is 25.8 Å². The summed E-state index contributed by atoms with van der Waals surface area (Å²) in [4.78, 5) is 19.4. The smallest absolute Gasteiger partial charge is 0.181 e. The summed E-state index contributed by atoms with van der Waals surface area (Å²) in [6, 6.07) is 10.9. The van der Waals surface area contributed by atoms with Crippen molar-refractivity contribution in [2.24, 2.45) is 0 Å². The van der Waals surface area contributed by atoms with E-state index < -0.39 is 15.7 Å². The van der Waals surface area contributed by atoms with Crippen LogP contribution in [0.1, 0.15) is 24.0 Å². The number of pyridine rings is 3. The third-order valence-electron chi connectivity index (χ3n) is 7.99. The lowest BCUT2D eigenvalue weighted by Crippen LogP contribution is -2.18. The number of halogens is 1. The summed E-state index contributed by atoms with van der Waals surface area (Å²) in [7, 11) is -3.17. The molecule has 0 saturated carbocycles. The number of aromatic nitrogens is 6. The van der Waals surface area contributed by atoms with E-state index in [2.05, 4.69) is 47.2 Å². The van der Waals surface area contributed by atoms with Crippen LogP contribution in [0.4, 0.5) is 4.39 Å². The van der Waals surface area contributed by atoms with E-state index in [0.29, 0.717) is 16.8 Å². The Morgan fingerprint density at radius 1 is 0.860 bits per heavy atom. The Kier molecular flexibility index (Phi) is 6.98. The first-order valence-electron chi connectivity index (χ1n) is 14.2. The van der Waals surface area contributed by atoms with Crippen LogP contribution in [0.25, 0.3) is 55.6 Å². The zero-order valence-electron chi connectivity index (χ0n) is 23.6. The number of hydrogen-bond donors (Lipinski definition) is 2. The largest absolute Gasteiger partial charge is 0.352 e. The summed E-state index contributed by atoms with van der Waals surface area (Å²) < 4.78 is 38.0. The first kappa shape index (κ1) is 27.4. The van der Waals surface area contributed by atoms with E-state index in [4.69, 9.17) is 0 Å². The van der Waals surface area contributed by atoms with Gasteiger partial charge in [0.1, 0.15) is 15.7 Å². The number of sulfone groups is 1. The average molecular weight is 596 g/mol. The molecule has 218 valence electrons. The normalized spacial score (nSPS) is 14.3. The van der Waals surface area contributed by atoms with Gasteiger partial charge in [-0.2, -0.15) is 5.10 Å². The number of nitrogens with zero attached hydrogens (tertiary/aromatic N) is 5. The average Bonchev–Trinajstić information content (AvgIpc) is 3.75. The summed E-state index contributed by atoms with van der Waals surface area (Å²) in [5, 5.41) is 9.29. The molecule has 6 heterocycles. The van der Waals surface area contributed by atoms with E-state index in [-0.39, 0.29) is 12.2 Å². The van der Waals surface area contributed by atoms with Gasteiger partial charge in [-0.05, 0) is 79.4 Å². The topological polar surface area (TPSA) is 121 Å². The molecule has 6 aromatic rings. The molecule has 1 aliphatic rings. The van der Waals surface area contributed by atoms with Crippen molar-refractivity contribution in [3.63, 3.8) is 0 Å². The van der Waals surface area contributed by atoms with Crippen LogP contribution >= 0.6 is 0 Å². The van der Waals surface area contributed by atoms with Gasteiger partial charge in [-0.1, -0.05) is 6.07 Å². The second kappa shape index (κ2) is 11.0. The van der Waals surface area contributed by atoms with Crippen LogP contribution in [-0.2, 0) is 22.8 Å². The maximum atomic E-state index is 14.6. The molecule has 11 heteroatoms. The first-order chi connectivity index (χ1) is 20.8. The van der Waals surface area contributed by atoms with Gasteiger partial charge in [0, 0.05) is 65.1 Å². The molecule has 5 aromatic heterocycles. The van der Waals surface area contributed by atoms with Gasteiger partial charge in [-0.15, -0.1) is 0 Å². The number of aryl methyl sites for hydroxylation is 1. The number of nitrogens with one attached hydrogen (secondary N) is 2. The van der Waals surface area contributed by atoms with Crippen molar-refractivity contribution >= 4 is 31.8 Å². The summed E-state index contributed by atoms with van der Waals surface area (Å²) in [6.07, 6.45) is 12.9. The Balaban J connectivity index is 1.24. The zero-order chi connectivity index (χ0) is 29.6. The number of aromatic amines is 2. The molecule has 1 fully saturated rings. The lowest BCUT2D eigenvalue weighted by Gasteiger charge is -2.14. The van der Waals surface area contributed by atoms with E-state index in [1.807, 2.05) is 30.7 Å². The lowest BCUT2D eigenvalue weighted by atomic mass is 10.0. The molecule has 0 bridgehead atoms. The van der Waals surface area contributed by atoms with E-state index in [1.54, 1.807) is 12.4 Å². The fraction of sp³-hybridized carbons (Fsp3) is 0.250. The summed E-state index contributed by atoms with van der Waals surface area (Å²) in [6.45, 7) is 3.15. The number of fused-ring (bicyclic) bond motifs is 2. The standard InChI is InChI=1S/C32H30FN7O2S/c1-43(41,42)7-4-20-8-22(11-25(33)10-20)28-17-35-18-30-26(28)13-29(37-30)31-27-12-24(16-36-32(27)39-38-31)23-9-21(14-34-15-23)19-40-5-2-3-6-40/h8-18,37H,2-7,19H2,1H3,(H,36,38,39). The van der Waals surface area contributed by atoms with Gasteiger partial charge in [0.25, 0.3) is 0 Å². The van der Waals surface area contributed by atoms with Crippen molar-refractivity contribution in [1.29, 1.82) is 0 Å². The van der Waals surface area contributed by atoms with Crippen molar-refractivity contribution in [3.05, 3.63) is 84.3 Å². The fourth-order valence-electron chi connectivity index (χ4n) is 5.86. The Morgan fingerprint density at radius 3 is 2.49 bits per heavy atom. The van der Waals surface area contributed by atoms with E-state index in [0.717, 1.165) is 64.0 Å². The van der Waals surface area contributed by atoms with Crippen molar-refractivity contribution < 1.29 is 12.8 Å². The minimum Gasteiger partial charge on any atom is -0.352 e. The molecular formula is C32H30FN7O2S. The number of benzene rings is 1. The fourth-order valence-corrected chi connectivity index (χ4v) is 6.47. The van der Waals surface area contributed by atoms with Crippen LogP contribution < -0.4 is 0 Å². The molecule has 0 radical (unpaired) electrons. The second-order valence-electron chi connectivity index (χ2n) is 11.3. The van der Waals surface area contributed by atoms with E-state index >= 15 is 0 Å². The van der Waals surface area contributed by atoms with Gasteiger partial charge >= 0.3 is 0 Å². The zero-order valence-corrected chi connectivity index (χ0v) is 24.5. The molecule has 0 amide bonds. The van der Waals surface area contributed by atoms with Crippen molar-refractivity contribution in [2.75, 3.05) is 25.1 Å². The Labute approximate surface area is 248 Å². The quantitative estimate of drug-likeness (QED) is 0.237. The molecule has 9 nitrogen and oxygen atoms in total. The minimum absolute atomic E-state index is 0.0473. The molecule has 0 unspecified atom stereocenters. The van der Waals surface area contributed by atoms with Crippen molar-refractivity contribution in [3.8, 4) is 33.6 Å². The molecule has 43 heavy (non-hydrogen) atoms. The first-order valence-corrected chi connectivity index (χ1v) is 16.3. The van der Waals surface area contributed by atoms with Gasteiger partial charge in [-0.25, -0.2) is 17.8 Å². The molecule has 7 rings (SSSR count). The summed E-state index contributed by atoms with van der Waals surface area (Å²) in [5.41, 5.74) is 8.06. The predicted molar refractivity (Wildman–Crippen MR) is 166 cm³/mol. The molecule has 1 aromatic carbocycles. The molecule has 1 saturated heterocycles. The second-order valence-corrected chi connectivity index (χ2v) is 13.6. The van der Waals surface area contributed by atoms with E-state index in [9.17, 15) is 12.8 Å². The SMILES string of the molecule is CS(=O)(=O)CCc1cc(F)cc(-c2cncc3[nH]c(-c4[nH]nc5ncc(-c6cncc(CN7CCCC7)c6)cc45)cc23)c1. The highest BCUT2D eigenvalue weighted by Crippen LogP contribution is 2.35. The monoisotopic (exact) mass is 595 g/mol. The maximum Gasteiger partial charge on any atom is 0.181 e. The van der Waals surface area contributed by atoms with Gasteiger partial charge in [0.15, 0.2) is 5.65 Å². The third kappa shape index (κ3) is 5.78. The Bertz CT molecular complexity index is 2080. The predicted octanol–water partition coefficient (Wildman–Crippen LogP) is 5.55. The highest BCUT2D eigenvalue weighted by Gasteiger charge is 2.17. The van der Waals surface area contributed by atoms with Gasteiger partial charge in [0.2, 0.25) is 0 Å². The van der Waals surface area contributed by atoms with Crippen LogP contribution in [-0.4, -0.2) is 68.5 Å². The minimum atomic E-state index is -3.17.